The lowest BCUT2D eigenvalue weighted by molar-refractivity contribution is -0.144. The average molecular weight is 430 g/mol. The molecule has 1 N–H and O–H groups in total. The number of nitrogens with one attached hydrogen (secondary N) is 1. The summed E-state index contributed by atoms with van der Waals surface area (Å²) in [4.78, 5) is 41.7. The van der Waals surface area contributed by atoms with Gasteiger partial charge in [0.25, 0.3) is 5.91 Å². The molecule has 0 radical (unpaired) electrons. The Morgan fingerprint density at radius 1 is 1.06 bits per heavy atom. The molecule has 31 heavy (non-hydrogen) atoms. The molecule has 7 nitrogen and oxygen atoms in total. The topological polar surface area (TPSA) is 79.0 Å². The van der Waals surface area contributed by atoms with Crippen LogP contribution in [0.4, 0.5) is 0 Å². The third-order valence-corrected chi connectivity index (χ3v) is 5.83. The Kier molecular flexibility index (Phi) is 7.04. The van der Waals surface area contributed by atoms with Crippen molar-refractivity contribution in [3.8, 4) is 0 Å². The second-order valence-corrected chi connectivity index (χ2v) is 9.79. The Balaban J connectivity index is 1.56. The van der Waals surface area contributed by atoms with Gasteiger partial charge in [0.05, 0.1) is 12.2 Å². The predicted octanol–water partition coefficient (Wildman–Crippen LogP) is 2.59. The molecule has 3 amide bonds. The third-order valence-electron chi connectivity index (χ3n) is 5.83. The molecular formula is C24H35N3O4. The molecule has 0 spiro atoms. The number of hydrogen-bond acceptors (Lipinski definition) is 4. The van der Waals surface area contributed by atoms with Crippen LogP contribution in [0.1, 0.15) is 63.4 Å². The molecule has 2 aliphatic rings. The molecule has 0 aromatic heterocycles. The maximum atomic E-state index is 12.8. The van der Waals surface area contributed by atoms with Crippen molar-refractivity contribution in [1.29, 1.82) is 0 Å². The van der Waals surface area contributed by atoms with Crippen LogP contribution in [0, 0.1) is 5.41 Å². The second-order valence-electron chi connectivity index (χ2n) is 9.79. The average Bonchev–Trinajstić information content (AvgIpc) is 3.19. The van der Waals surface area contributed by atoms with Gasteiger partial charge in [0.1, 0.15) is 6.04 Å². The van der Waals surface area contributed by atoms with Gasteiger partial charge in [-0.25, -0.2) is 0 Å². The Bertz CT molecular complexity index is 805. The monoisotopic (exact) mass is 429 g/mol. The number of benzene rings is 1. The number of carbonyl (C=O) groups excluding carboxylic acids is 3. The molecule has 0 bridgehead atoms. The molecule has 170 valence electrons. The normalized spacial score (nSPS) is 24.2. The molecule has 2 saturated heterocycles. The van der Waals surface area contributed by atoms with E-state index in [-0.39, 0.29) is 29.9 Å². The maximum Gasteiger partial charge on any atom is 0.254 e. The van der Waals surface area contributed by atoms with Crippen molar-refractivity contribution in [2.24, 2.45) is 5.41 Å². The van der Waals surface area contributed by atoms with E-state index in [2.05, 4.69) is 5.32 Å². The summed E-state index contributed by atoms with van der Waals surface area (Å²) in [6.07, 6.45) is 1.59. The van der Waals surface area contributed by atoms with Crippen molar-refractivity contribution in [3.63, 3.8) is 0 Å². The van der Waals surface area contributed by atoms with Crippen LogP contribution in [0.3, 0.4) is 0 Å². The highest BCUT2D eigenvalue weighted by Gasteiger charge is 2.38. The molecule has 3 atom stereocenters. The number of hydrogen-bond donors (Lipinski definition) is 1. The van der Waals surface area contributed by atoms with Gasteiger partial charge in [-0.2, -0.15) is 0 Å². The summed E-state index contributed by atoms with van der Waals surface area (Å²) in [5.74, 6) is -0.105. The van der Waals surface area contributed by atoms with Gasteiger partial charge in [-0.15, -0.1) is 0 Å². The summed E-state index contributed by atoms with van der Waals surface area (Å²) in [6.45, 7) is 11.8. The highest BCUT2D eigenvalue weighted by molar-refractivity contribution is 5.94. The van der Waals surface area contributed by atoms with E-state index in [1.807, 2.05) is 51.7 Å². The molecule has 0 saturated carbocycles. The molecule has 3 unspecified atom stereocenters. The zero-order valence-corrected chi connectivity index (χ0v) is 19.3. The third kappa shape index (κ3) is 5.64. The molecule has 1 aromatic rings. The van der Waals surface area contributed by atoms with Crippen LogP contribution in [-0.2, 0) is 20.9 Å². The van der Waals surface area contributed by atoms with Crippen LogP contribution >= 0.6 is 0 Å². The van der Waals surface area contributed by atoms with Crippen molar-refractivity contribution in [1.82, 2.24) is 15.1 Å². The van der Waals surface area contributed by atoms with Gasteiger partial charge in [-0.3, -0.25) is 14.4 Å². The number of amides is 3. The zero-order valence-electron chi connectivity index (χ0n) is 19.3. The van der Waals surface area contributed by atoms with E-state index in [0.29, 0.717) is 38.2 Å². The van der Waals surface area contributed by atoms with Crippen molar-refractivity contribution in [2.45, 2.75) is 72.3 Å². The number of likely N-dealkylation sites (tertiary alicyclic amines) is 1. The van der Waals surface area contributed by atoms with Crippen molar-refractivity contribution >= 4 is 17.7 Å². The highest BCUT2D eigenvalue weighted by atomic mass is 16.5. The number of nitrogens with zero attached hydrogens (tertiary/aromatic N) is 2. The minimum atomic E-state index is -0.499. The standard InChI is InChI=1S/C24H35N3O4/c1-16-14-26(15-17(2)31-16)22(29)19-10-8-18(9-11-19)13-25-21(28)20-7-6-12-27(20)23(30)24(3,4)5/h8-11,16-17,20H,6-7,12-15H2,1-5H3,(H,25,28). The summed E-state index contributed by atoms with van der Waals surface area (Å²) in [5, 5.41) is 2.96. The first kappa shape index (κ1) is 23.3. The lowest BCUT2D eigenvalue weighted by Gasteiger charge is -2.35. The molecular weight excluding hydrogens is 394 g/mol. The summed E-state index contributed by atoms with van der Waals surface area (Å²) >= 11 is 0. The van der Waals surface area contributed by atoms with Crippen LogP contribution in [0.15, 0.2) is 24.3 Å². The molecule has 7 heteroatoms. The van der Waals surface area contributed by atoms with E-state index in [4.69, 9.17) is 4.74 Å². The van der Waals surface area contributed by atoms with Crippen LogP contribution < -0.4 is 5.32 Å². The predicted molar refractivity (Wildman–Crippen MR) is 118 cm³/mol. The molecule has 3 rings (SSSR count). The van der Waals surface area contributed by atoms with E-state index in [0.717, 1.165) is 12.0 Å². The zero-order chi connectivity index (χ0) is 22.8. The Labute approximate surface area is 185 Å². The Morgan fingerprint density at radius 2 is 1.68 bits per heavy atom. The second kappa shape index (κ2) is 9.39. The Morgan fingerprint density at radius 3 is 2.26 bits per heavy atom. The lowest BCUT2D eigenvalue weighted by atomic mass is 9.94. The van der Waals surface area contributed by atoms with Crippen LogP contribution in [0.25, 0.3) is 0 Å². The molecule has 2 aliphatic heterocycles. The number of rotatable bonds is 4. The van der Waals surface area contributed by atoms with Crippen molar-refractivity contribution in [3.05, 3.63) is 35.4 Å². The van der Waals surface area contributed by atoms with E-state index < -0.39 is 11.5 Å². The Hall–Kier alpha value is -2.41. The molecule has 2 heterocycles. The van der Waals surface area contributed by atoms with Gasteiger partial charge < -0.3 is 19.9 Å². The first-order valence-corrected chi connectivity index (χ1v) is 11.2. The molecule has 2 fully saturated rings. The summed E-state index contributed by atoms with van der Waals surface area (Å²) in [7, 11) is 0. The van der Waals surface area contributed by atoms with E-state index in [9.17, 15) is 14.4 Å². The van der Waals surface area contributed by atoms with Crippen molar-refractivity contribution in [2.75, 3.05) is 19.6 Å². The summed E-state index contributed by atoms with van der Waals surface area (Å²) in [5.41, 5.74) is 1.05. The van der Waals surface area contributed by atoms with Gasteiger partial charge in [0.15, 0.2) is 0 Å². The number of carbonyl (C=O) groups is 3. The fourth-order valence-electron chi connectivity index (χ4n) is 4.31. The quantitative estimate of drug-likeness (QED) is 0.798. The fourth-order valence-corrected chi connectivity index (χ4v) is 4.31. The minimum absolute atomic E-state index is 0.000115. The van der Waals surface area contributed by atoms with Gasteiger partial charge in [-0.1, -0.05) is 32.9 Å². The smallest absolute Gasteiger partial charge is 0.254 e. The van der Waals surface area contributed by atoms with Gasteiger partial charge in [0.2, 0.25) is 11.8 Å². The fraction of sp³-hybridized carbons (Fsp3) is 0.625. The van der Waals surface area contributed by atoms with E-state index >= 15 is 0 Å². The van der Waals surface area contributed by atoms with Crippen LogP contribution in [0.2, 0.25) is 0 Å². The highest BCUT2D eigenvalue weighted by Crippen LogP contribution is 2.25. The van der Waals surface area contributed by atoms with E-state index in [1.165, 1.54) is 0 Å². The first-order valence-electron chi connectivity index (χ1n) is 11.2. The largest absolute Gasteiger partial charge is 0.372 e. The number of ether oxygens (including phenoxy) is 1. The van der Waals surface area contributed by atoms with Gasteiger partial charge in [-0.05, 0) is 44.4 Å². The first-order chi connectivity index (χ1) is 14.6. The molecule has 1 aromatic carbocycles. The summed E-state index contributed by atoms with van der Waals surface area (Å²) in [6, 6.07) is 6.94. The minimum Gasteiger partial charge on any atom is -0.372 e. The van der Waals surface area contributed by atoms with Gasteiger partial charge in [0, 0.05) is 37.2 Å². The van der Waals surface area contributed by atoms with Gasteiger partial charge >= 0.3 is 0 Å². The van der Waals surface area contributed by atoms with E-state index in [1.54, 1.807) is 17.0 Å². The lowest BCUT2D eigenvalue weighted by Crippen LogP contribution is -2.49. The molecule has 0 aliphatic carbocycles. The van der Waals surface area contributed by atoms with Crippen LogP contribution in [-0.4, -0.2) is 65.4 Å². The van der Waals surface area contributed by atoms with Crippen molar-refractivity contribution < 1.29 is 19.1 Å². The number of morpholine rings is 1. The SMILES string of the molecule is CC1CN(C(=O)c2ccc(CNC(=O)C3CCCN3C(=O)C(C)(C)C)cc2)CC(C)O1. The maximum absolute atomic E-state index is 12.8. The summed E-state index contributed by atoms with van der Waals surface area (Å²) < 4.78 is 5.70. The van der Waals surface area contributed by atoms with Crippen LogP contribution in [0.5, 0.6) is 0 Å².